The summed E-state index contributed by atoms with van der Waals surface area (Å²) in [4.78, 5) is 0. The predicted molar refractivity (Wildman–Crippen MR) is 50.7 cm³/mol. The average Bonchev–Trinajstić information content (AvgIpc) is 2.25. The molecule has 1 N–H and O–H groups in total. The summed E-state index contributed by atoms with van der Waals surface area (Å²) in [5.74, 6) is 0.0201. The lowest BCUT2D eigenvalue weighted by atomic mass is 10.0. The average molecular weight is 229 g/mol. The van der Waals surface area contributed by atoms with Gasteiger partial charge in [0.05, 0.1) is 5.71 Å². The van der Waals surface area contributed by atoms with Gasteiger partial charge in [0.1, 0.15) is 11.9 Å². The summed E-state index contributed by atoms with van der Waals surface area (Å²) in [5.41, 5.74) is 0.444. The van der Waals surface area contributed by atoms with E-state index in [0.29, 0.717) is 5.56 Å². The second-order valence-corrected chi connectivity index (χ2v) is 3.34. The summed E-state index contributed by atoms with van der Waals surface area (Å²) in [7, 11) is 0. The van der Waals surface area contributed by atoms with Gasteiger partial charge in [-0.15, -0.1) is 8.78 Å². The summed E-state index contributed by atoms with van der Waals surface area (Å²) in [5, 5.41) is 11.5. The number of nitrogens with zero attached hydrogens (tertiary/aromatic N) is 1. The standard InChI is InChI=1S/C10H9F2NO3/c1-6(13-14)9-7-4-2-3-5-8(7)15-10(11,12)16-9/h2-5,9,14H,1H3. The zero-order valence-electron chi connectivity index (χ0n) is 8.35. The maximum atomic E-state index is 13.0. The third kappa shape index (κ3) is 1.83. The van der Waals surface area contributed by atoms with E-state index in [2.05, 4.69) is 14.6 Å². The second kappa shape index (κ2) is 3.71. The highest BCUT2D eigenvalue weighted by atomic mass is 19.3. The van der Waals surface area contributed by atoms with Crippen LogP contribution in [0.4, 0.5) is 8.78 Å². The number of alkyl halides is 2. The van der Waals surface area contributed by atoms with Crippen LogP contribution in [0, 0.1) is 0 Å². The number of hydrogen-bond donors (Lipinski definition) is 1. The topological polar surface area (TPSA) is 51.1 Å². The fraction of sp³-hybridized carbons (Fsp3) is 0.300. The highest BCUT2D eigenvalue weighted by Gasteiger charge is 2.44. The van der Waals surface area contributed by atoms with E-state index in [1.807, 2.05) is 0 Å². The fourth-order valence-corrected chi connectivity index (χ4v) is 1.51. The summed E-state index contributed by atoms with van der Waals surface area (Å²) >= 11 is 0. The first kappa shape index (κ1) is 10.8. The van der Waals surface area contributed by atoms with Crippen molar-refractivity contribution in [2.75, 3.05) is 0 Å². The van der Waals surface area contributed by atoms with Gasteiger partial charge in [0.25, 0.3) is 0 Å². The van der Waals surface area contributed by atoms with Gasteiger partial charge in [0.2, 0.25) is 0 Å². The minimum absolute atomic E-state index is 0.0201. The van der Waals surface area contributed by atoms with E-state index in [-0.39, 0.29) is 11.5 Å². The molecule has 1 aromatic carbocycles. The third-order valence-electron chi connectivity index (χ3n) is 2.22. The molecule has 0 aromatic heterocycles. The maximum absolute atomic E-state index is 13.0. The number of fused-ring (bicyclic) bond motifs is 1. The van der Waals surface area contributed by atoms with Crippen LogP contribution in [-0.4, -0.2) is 17.2 Å². The van der Waals surface area contributed by atoms with E-state index in [9.17, 15) is 8.78 Å². The molecule has 0 fully saturated rings. The molecule has 0 radical (unpaired) electrons. The summed E-state index contributed by atoms with van der Waals surface area (Å²) in [6.45, 7) is 1.39. The zero-order chi connectivity index (χ0) is 11.8. The lowest BCUT2D eigenvalue weighted by molar-refractivity contribution is -0.372. The molecule has 0 saturated carbocycles. The fourth-order valence-electron chi connectivity index (χ4n) is 1.51. The van der Waals surface area contributed by atoms with Crippen LogP contribution in [0.2, 0.25) is 0 Å². The number of oxime groups is 1. The molecule has 1 aliphatic rings. The van der Waals surface area contributed by atoms with Gasteiger partial charge in [-0.05, 0) is 13.0 Å². The maximum Gasteiger partial charge on any atom is 0.536 e. The van der Waals surface area contributed by atoms with E-state index >= 15 is 0 Å². The van der Waals surface area contributed by atoms with Crippen molar-refractivity contribution < 1.29 is 23.5 Å². The molecule has 1 heterocycles. The molecule has 0 amide bonds. The van der Waals surface area contributed by atoms with Crippen molar-refractivity contribution in [3.8, 4) is 5.75 Å². The summed E-state index contributed by atoms with van der Waals surface area (Å²) in [6, 6.07) is 6.21. The zero-order valence-corrected chi connectivity index (χ0v) is 8.35. The molecule has 0 saturated heterocycles. The number of ether oxygens (including phenoxy) is 2. The van der Waals surface area contributed by atoms with Gasteiger partial charge in [0.15, 0.2) is 0 Å². The van der Waals surface area contributed by atoms with E-state index in [0.717, 1.165) is 0 Å². The Morgan fingerprint density at radius 3 is 2.81 bits per heavy atom. The predicted octanol–water partition coefficient (Wildman–Crippen LogP) is 2.54. The minimum Gasteiger partial charge on any atom is -0.411 e. The normalized spacial score (nSPS) is 23.4. The van der Waals surface area contributed by atoms with Gasteiger partial charge >= 0.3 is 6.29 Å². The number of para-hydroxylation sites is 1. The Morgan fingerprint density at radius 2 is 2.12 bits per heavy atom. The van der Waals surface area contributed by atoms with E-state index in [4.69, 9.17) is 5.21 Å². The number of hydrogen-bond acceptors (Lipinski definition) is 4. The Labute approximate surface area is 90.1 Å². The first-order chi connectivity index (χ1) is 7.53. The lowest BCUT2D eigenvalue weighted by Gasteiger charge is -2.30. The van der Waals surface area contributed by atoms with Crippen LogP contribution in [0.3, 0.4) is 0 Å². The van der Waals surface area contributed by atoms with Crippen molar-refractivity contribution in [3.05, 3.63) is 29.8 Å². The highest BCUT2D eigenvalue weighted by Crippen LogP contribution is 2.40. The first-order valence-electron chi connectivity index (χ1n) is 4.55. The van der Waals surface area contributed by atoms with Gasteiger partial charge in [-0.3, -0.25) is 4.74 Å². The Hall–Kier alpha value is -1.69. The van der Waals surface area contributed by atoms with E-state index < -0.39 is 12.4 Å². The molecule has 6 heteroatoms. The molecular weight excluding hydrogens is 220 g/mol. The molecule has 1 aliphatic heterocycles. The molecule has 4 nitrogen and oxygen atoms in total. The van der Waals surface area contributed by atoms with Crippen molar-refractivity contribution in [2.45, 2.75) is 19.3 Å². The number of rotatable bonds is 1. The Bertz CT molecular complexity index is 434. The second-order valence-electron chi connectivity index (χ2n) is 3.34. The van der Waals surface area contributed by atoms with Crippen molar-refractivity contribution in [2.24, 2.45) is 5.16 Å². The van der Waals surface area contributed by atoms with Crippen molar-refractivity contribution in [3.63, 3.8) is 0 Å². The number of benzene rings is 1. The van der Waals surface area contributed by atoms with Gasteiger partial charge < -0.3 is 9.94 Å². The van der Waals surface area contributed by atoms with Crippen molar-refractivity contribution in [1.82, 2.24) is 0 Å². The van der Waals surface area contributed by atoms with Gasteiger partial charge in [-0.25, -0.2) is 0 Å². The Morgan fingerprint density at radius 1 is 1.44 bits per heavy atom. The minimum atomic E-state index is -3.72. The van der Waals surface area contributed by atoms with Gasteiger partial charge in [-0.2, -0.15) is 0 Å². The quantitative estimate of drug-likeness (QED) is 0.457. The largest absolute Gasteiger partial charge is 0.536 e. The smallest absolute Gasteiger partial charge is 0.411 e. The van der Waals surface area contributed by atoms with Crippen molar-refractivity contribution >= 4 is 5.71 Å². The number of halogens is 2. The molecule has 0 bridgehead atoms. The SMILES string of the molecule is CC(=NO)C1OC(F)(F)Oc2ccccc21. The molecule has 0 spiro atoms. The van der Waals surface area contributed by atoms with Crippen LogP contribution in [0.5, 0.6) is 5.75 Å². The lowest BCUT2D eigenvalue weighted by Crippen LogP contribution is -2.37. The molecule has 0 aliphatic carbocycles. The van der Waals surface area contributed by atoms with Crippen LogP contribution >= 0.6 is 0 Å². The first-order valence-corrected chi connectivity index (χ1v) is 4.55. The van der Waals surface area contributed by atoms with Gasteiger partial charge in [-0.1, -0.05) is 23.4 Å². The van der Waals surface area contributed by atoms with Gasteiger partial charge in [0, 0.05) is 5.56 Å². The Kier molecular flexibility index (Phi) is 2.51. The van der Waals surface area contributed by atoms with Crippen LogP contribution < -0.4 is 4.74 Å². The van der Waals surface area contributed by atoms with E-state index in [1.165, 1.54) is 13.0 Å². The molecule has 86 valence electrons. The van der Waals surface area contributed by atoms with E-state index in [1.54, 1.807) is 18.2 Å². The molecule has 2 rings (SSSR count). The third-order valence-corrected chi connectivity index (χ3v) is 2.22. The molecule has 1 aromatic rings. The highest BCUT2D eigenvalue weighted by molar-refractivity contribution is 5.87. The summed E-state index contributed by atoms with van der Waals surface area (Å²) < 4.78 is 34.9. The van der Waals surface area contributed by atoms with Crippen LogP contribution in [-0.2, 0) is 4.74 Å². The molecule has 16 heavy (non-hydrogen) atoms. The summed E-state index contributed by atoms with van der Waals surface area (Å²) in [6.07, 6.45) is -4.82. The molecular formula is C10H9F2NO3. The van der Waals surface area contributed by atoms with Crippen LogP contribution in [0.15, 0.2) is 29.4 Å². The Balaban J connectivity index is 2.47. The monoisotopic (exact) mass is 229 g/mol. The molecule has 1 atom stereocenters. The molecule has 1 unspecified atom stereocenters. The van der Waals surface area contributed by atoms with Crippen LogP contribution in [0.1, 0.15) is 18.6 Å². The van der Waals surface area contributed by atoms with Crippen molar-refractivity contribution in [1.29, 1.82) is 0 Å². The van der Waals surface area contributed by atoms with Crippen LogP contribution in [0.25, 0.3) is 0 Å².